The van der Waals surface area contributed by atoms with Crippen molar-refractivity contribution >= 4 is 5.91 Å². The van der Waals surface area contributed by atoms with Gasteiger partial charge >= 0.3 is 0 Å². The number of methoxy groups -OCH3 is 1. The third kappa shape index (κ3) is 2.42. The molecule has 1 saturated heterocycles. The van der Waals surface area contributed by atoms with Crippen LogP contribution in [0.4, 0.5) is 0 Å². The van der Waals surface area contributed by atoms with Crippen LogP contribution in [0.25, 0.3) is 0 Å². The van der Waals surface area contributed by atoms with Crippen LogP contribution in [0.15, 0.2) is 0 Å². The van der Waals surface area contributed by atoms with Crippen molar-refractivity contribution in [1.82, 2.24) is 5.32 Å². The second-order valence-corrected chi connectivity index (χ2v) is 3.23. The Kier molecular flexibility index (Phi) is 3.82. The van der Waals surface area contributed by atoms with Crippen LogP contribution in [0.1, 0.15) is 6.92 Å². The highest BCUT2D eigenvalue weighted by Gasteiger charge is 2.38. The van der Waals surface area contributed by atoms with Gasteiger partial charge in [-0.05, 0) is 0 Å². The van der Waals surface area contributed by atoms with E-state index < -0.39 is 24.5 Å². The minimum absolute atomic E-state index is 0.121. The number of carbonyl (C=O) groups excluding carboxylic acids is 1. The fourth-order valence-electron chi connectivity index (χ4n) is 1.39. The summed E-state index contributed by atoms with van der Waals surface area (Å²) in [5.74, 6) is -0.277. The molecule has 82 valence electrons. The summed E-state index contributed by atoms with van der Waals surface area (Å²) in [4.78, 5) is 10.7. The summed E-state index contributed by atoms with van der Waals surface area (Å²) in [6.45, 7) is 1.46. The largest absolute Gasteiger partial charge is 0.388 e. The third-order valence-corrected chi connectivity index (χ3v) is 2.10. The lowest BCUT2D eigenvalue weighted by Crippen LogP contribution is -2.59. The molecule has 0 radical (unpaired) electrons. The molecule has 0 aromatic rings. The molecule has 4 unspecified atom stereocenters. The monoisotopic (exact) mass is 205 g/mol. The Morgan fingerprint density at radius 1 is 1.50 bits per heavy atom. The summed E-state index contributed by atoms with van der Waals surface area (Å²) in [6, 6.07) is -0.589. The lowest BCUT2D eigenvalue weighted by atomic mass is 10.0. The van der Waals surface area contributed by atoms with E-state index in [9.17, 15) is 15.0 Å². The van der Waals surface area contributed by atoms with E-state index in [1.54, 1.807) is 0 Å². The minimum atomic E-state index is -1.15. The maximum absolute atomic E-state index is 10.7. The van der Waals surface area contributed by atoms with Gasteiger partial charge in [-0.2, -0.15) is 0 Å². The molecule has 1 heterocycles. The van der Waals surface area contributed by atoms with E-state index >= 15 is 0 Å². The maximum Gasteiger partial charge on any atom is 0.217 e. The van der Waals surface area contributed by atoms with Gasteiger partial charge in [0.15, 0.2) is 6.29 Å². The molecule has 0 bridgehead atoms. The Balaban J connectivity index is 2.54. The molecule has 1 aliphatic heterocycles. The quantitative estimate of drug-likeness (QED) is 0.496. The summed E-state index contributed by atoms with van der Waals surface area (Å²) >= 11 is 0. The number of amides is 1. The maximum atomic E-state index is 10.7. The van der Waals surface area contributed by atoms with E-state index in [-0.39, 0.29) is 12.5 Å². The number of aliphatic hydroxyl groups excluding tert-OH is 2. The van der Waals surface area contributed by atoms with Gasteiger partial charge in [0, 0.05) is 14.0 Å². The number of aliphatic hydroxyl groups is 2. The van der Waals surface area contributed by atoms with E-state index in [0.717, 1.165) is 0 Å². The average molecular weight is 205 g/mol. The Hall–Kier alpha value is -0.690. The van der Waals surface area contributed by atoms with Crippen LogP contribution >= 0.6 is 0 Å². The summed E-state index contributed by atoms with van der Waals surface area (Å²) in [5.41, 5.74) is 0. The number of rotatable bonds is 2. The van der Waals surface area contributed by atoms with Crippen LogP contribution in [-0.4, -0.2) is 54.4 Å². The van der Waals surface area contributed by atoms with Gasteiger partial charge in [-0.1, -0.05) is 0 Å². The predicted molar refractivity (Wildman–Crippen MR) is 46.4 cm³/mol. The highest BCUT2D eigenvalue weighted by molar-refractivity contribution is 5.73. The van der Waals surface area contributed by atoms with Gasteiger partial charge in [0.1, 0.15) is 12.2 Å². The second-order valence-electron chi connectivity index (χ2n) is 3.23. The molecule has 0 aliphatic carbocycles. The molecular formula is C8H15NO5. The zero-order valence-electron chi connectivity index (χ0n) is 8.14. The summed E-state index contributed by atoms with van der Waals surface area (Å²) in [5, 5.41) is 21.5. The minimum Gasteiger partial charge on any atom is -0.388 e. The van der Waals surface area contributed by atoms with Crippen LogP contribution in [0.5, 0.6) is 0 Å². The van der Waals surface area contributed by atoms with E-state index in [4.69, 9.17) is 9.47 Å². The Morgan fingerprint density at radius 3 is 2.64 bits per heavy atom. The van der Waals surface area contributed by atoms with Crippen LogP contribution in [-0.2, 0) is 14.3 Å². The lowest BCUT2D eigenvalue weighted by molar-refractivity contribution is -0.240. The highest BCUT2D eigenvalue weighted by Crippen LogP contribution is 2.15. The first-order valence-corrected chi connectivity index (χ1v) is 4.34. The molecule has 6 heteroatoms. The number of hydrogen-bond acceptors (Lipinski definition) is 5. The topological polar surface area (TPSA) is 88.0 Å². The van der Waals surface area contributed by atoms with E-state index in [1.807, 2.05) is 0 Å². The van der Waals surface area contributed by atoms with E-state index in [0.29, 0.717) is 0 Å². The Bertz CT molecular complexity index is 210. The van der Waals surface area contributed by atoms with Crippen molar-refractivity contribution in [2.75, 3.05) is 13.7 Å². The normalized spacial score (nSPS) is 38.0. The smallest absolute Gasteiger partial charge is 0.217 e. The first-order valence-electron chi connectivity index (χ1n) is 4.34. The molecule has 4 atom stereocenters. The molecule has 1 amide bonds. The molecule has 1 rings (SSSR count). The third-order valence-electron chi connectivity index (χ3n) is 2.10. The molecule has 1 aliphatic rings. The second kappa shape index (κ2) is 4.70. The van der Waals surface area contributed by atoms with Crippen molar-refractivity contribution in [1.29, 1.82) is 0 Å². The van der Waals surface area contributed by atoms with Crippen LogP contribution < -0.4 is 5.32 Å². The molecule has 6 nitrogen and oxygen atoms in total. The summed E-state index contributed by atoms with van der Waals surface area (Å²) < 4.78 is 9.86. The van der Waals surface area contributed by atoms with Gasteiger partial charge in [0.2, 0.25) is 5.91 Å². The standard InChI is InChI=1S/C8H15NO5/c1-4(10)9-5-3-14-8(13-2)7(12)6(5)11/h5-8,11-12H,3H2,1-2H3,(H,9,10). The molecule has 3 N–H and O–H groups in total. The molecule has 14 heavy (non-hydrogen) atoms. The molecular weight excluding hydrogens is 190 g/mol. The summed E-state index contributed by atoms with van der Waals surface area (Å²) in [7, 11) is 1.37. The SMILES string of the molecule is COC1OCC(NC(C)=O)C(O)C1O. The van der Waals surface area contributed by atoms with E-state index in [1.165, 1.54) is 14.0 Å². The first kappa shape index (κ1) is 11.4. The lowest BCUT2D eigenvalue weighted by Gasteiger charge is -2.36. The summed E-state index contributed by atoms with van der Waals surface area (Å²) in [6.07, 6.45) is -3.06. The van der Waals surface area contributed by atoms with Crippen molar-refractivity contribution in [2.24, 2.45) is 0 Å². The van der Waals surface area contributed by atoms with Gasteiger partial charge in [-0.15, -0.1) is 0 Å². The zero-order chi connectivity index (χ0) is 10.7. The number of ether oxygens (including phenoxy) is 2. The van der Waals surface area contributed by atoms with Gasteiger partial charge in [0.05, 0.1) is 12.6 Å². The average Bonchev–Trinajstić information content (AvgIpc) is 2.13. The fraction of sp³-hybridized carbons (Fsp3) is 0.875. The van der Waals surface area contributed by atoms with Crippen LogP contribution in [0, 0.1) is 0 Å². The number of hydrogen-bond donors (Lipinski definition) is 3. The van der Waals surface area contributed by atoms with Gasteiger partial charge in [0.25, 0.3) is 0 Å². The molecule has 0 aromatic heterocycles. The van der Waals surface area contributed by atoms with Crippen LogP contribution in [0.3, 0.4) is 0 Å². The zero-order valence-corrected chi connectivity index (χ0v) is 8.14. The van der Waals surface area contributed by atoms with Crippen LogP contribution in [0.2, 0.25) is 0 Å². The van der Waals surface area contributed by atoms with Gasteiger partial charge in [-0.25, -0.2) is 0 Å². The predicted octanol–water partition coefficient (Wildman–Crippen LogP) is -1.78. The van der Waals surface area contributed by atoms with Gasteiger partial charge in [-0.3, -0.25) is 4.79 Å². The van der Waals surface area contributed by atoms with Crippen molar-refractivity contribution in [3.05, 3.63) is 0 Å². The molecule has 0 aromatic carbocycles. The number of nitrogens with one attached hydrogen (secondary N) is 1. The van der Waals surface area contributed by atoms with Crippen molar-refractivity contribution in [3.8, 4) is 0 Å². The highest BCUT2D eigenvalue weighted by atomic mass is 16.7. The molecule has 1 fully saturated rings. The number of carbonyl (C=O) groups is 1. The van der Waals surface area contributed by atoms with Gasteiger partial charge < -0.3 is 25.0 Å². The van der Waals surface area contributed by atoms with Crippen molar-refractivity contribution in [2.45, 2.75) is 31.5 Å². The Labute approximate surface area is 81.8 Å². The molecule has 0 spiro atoms. The molecule has 0 saturated carbocycles. The van der Waals surface area contributed by atoms with Crippen molar-refractivity contribution < 1.29 is 24.5 Å². The Morgan fingerprint density at radius 2 is 2.14 bits per heavy atom. The first-order chi connectivity index (χ1) is 6.56. The van der Waals surface area contributed by atoms with Crippen molar-refractivity contribution in [3.63, 3.8) is 0 Å². The van der Waals surface area contributed by atoms with E-state index in [2.05, 4.69) is 5.32 Å². The fourth-order valence-corrected chi connectivity index (χ4v) is 1.39.